The van der Waals surface area contributed by atoms with E-state index in [1.807, 2.05) is 0 Å². The van der Waals surface area contributed by atoms with Gasteiger partial charge in [0.2, 0.25) is 5.91 Å². The second-order valence-electron chi connectivity index (χ2n) is 6.03. The predicted molar refractivity (Wildman–Crippen MR) is 73.5 cm³/mol. The van der Waals surface area contributed by atoms with Gasteiger partial charge in [-0.1, -0.05) is 0 Å². The molecule has 0 aromatic rings. The lowest BCUT2D eigenvalue weighted by Gasteiger charge is -2.38. The molecule has 1 aliphatic heterocycles. The van der Waals surface area contributed by atoms with E-state index in [0.717, 1.165) is 45.3 Å². The molecule has 0 bridgehead atoms. The molecular formula is C14H24N4O. The monoisotopic (exact) mass is 264 g/mol. The number of rotatable bonds is 3. The number of piperazine rings is 1. The van der Waals surface area contributed by atoms with E-state index in [4.69, 9.17) is 0 Å². The first-order chi connectivity index (χ1) is 9.04. The maximum Gasteiger partial charge on any atom is 0.235 e. The van der Waals surface area contributed by atoms with Crippen molar-refractivity contribution in [2.75, 3.05) is 33.2 Å². The normalized spacial score (nSPS) is 27.9. The van der Waals surface area contributed by atoms with Crippen LogP contribution in [0, 0.1) is 11.3 Å². The van der Waals surface area contributed by atoms with E-state index in [-0.39, 0.29) is 5.91 Å². The van der Waals surface area contributed by atoms with Crippen molar-refractivity contribution < 1.29 is 4.79 Å². The molecule has 0 aromatic carbocycles. The van der Waals surface area contributed by atoms with Gasteiger partial charge in [-0.05, 0) is 39.7 Å². The SMILES string of the molecule is C[C@H]1CN(C)CCN1CC(=O)NC1(C#N)CCCC1. The highest BCUT2D eigenvalue weighted by Gasteiger charge is 2.36. The number of hydrogen-bond acceptors (Lipinski definition) is 4. The Morgan fingerprint density at radius 2 is 2.11 bits per heavy atom. The number of nitrogens with zero attached hydrogens (tertiary/aromatic N) is 3. The Morgan fingerprint density at radius 1 is 1.42 bits per heavy atom. The Labute approximate surface area is 115 Å². The molecule has 0 radical (unpaired) electrons. The molecule has 1 atom stereocenters. The smallest absolute Gasteiger partial charge is 0.235 e. The van der Waals surface area contributed by atoms with Gasteiger partial charge in [-0.15, -0.1) is 0 Å². The standard InChI is InChI=1S/C14H24N4O/c1-12-9-17(2)7-8-18(12)10-13(19)16-14(11-15)5-3-4-6-14/h12H,3-10H2,1-2H3,(H,16,19)/t12-/m0/s1. The Morgan fingerprint density at radius 3 is 2.68 bits per heavy atom. The lowest BCUT2D eigenvalue weighted by atomic mass is 10.00. The van der Waals surface area contributed by atoms with Gasteiger partial charge < -0.3 is 10.2 Å². The minimum atomic E-state index is -0.590. The van der Waals surface area contributed by atoms with E-state index < -0.39 is 5.54 Å². The van der Waals surface area contributed by atoms with E-state index in [1.165, 1.54) is 0 Å². The van der Waals surface area contributed by atoms with Crippen molar-refractivity contribution >= 4 is 5.91 Å². The molecule has 1 N–H and O–H groups in total. The fraction of sp³-hybridized carbons (Fsp3) is 0.857. The molecule has 1 saturated carbocycles. The van der Waals surface area contributed by atoms with Crippen LogP contribution in [0.4, 0.5) is 0 Å². The molecule has 0 aromatic heterocycles. The van der Waals surface area contributed by atoms with E-state index >= 15 is 0 Å². The average molecular weight is 264 g/mol. The van der Waals surface area contributed by atoms with Gasteiger partial charge in [0, 0.05) is 25.7 Å². The Hall–Kier alpha value is -1.12. The van der Waals surface area contributed by atoms with E-state index in [9.17, 15) is 10.1 Å². The van der Waals surface area contributed by atoms with Gasteiger partial charge in [0.1, 0.15) is 5.54 Å². The van der Waals surface area contributed by atoms with Crippen LogP contribution in [0.3, 0.4) is 0 Å². The first kappa shape index (κ1) is 14.3. The molecule has 1 amide bonds. The number of likely N-dealkylation sites (N-methyl/N-ethyl adjacent to an activating group) is 1. The van der Waals surface area contributed by atoms with Crippen LogP contribution in [0.1, 0.15) is 32.6 Å². The van der Waals surface area contributed by atoms with Crippen molar-refractivity contribution in [1.29, 1.82) is 5.26 Å². The maximum atomic E-state index is 12.1. The van der Waals surface area contributed by atoms with E-state index in [2.05, 4.69) is 35.2 Å². The summed E-state index contributed by atoms with van der Waals surface area (Å²) in [5, 5.41) is 12.2. The molecule has 2 rings (SSSR count). The molecule has 1 aliphatic carbocycles. The number of nitrogens with one attached hydrogen (secondary N) is 1. The molecular weight excluding hydrogens is 240 g/mol. The summed E-state index contributed by atoms with van der Waals surface area (Å²) in [7, 11) is 2.11. The second kappa shape index (κ2) is 5.89. The minimum absolute atomic E-state index is 0.000136. The third-order valence-electron chi connectivity index (χ3n) is 4.36. The molecule has 106 valence electrons. The second-order valence-corrected chi connectivity index (χ2v) is 6.03. The molecule has 1 saturated heterocycles. The lowest BCUT2D eigenvalue weighted by Crippen LogP contribution is -2.55. The summed E-state index contributed by atoms with van der Waals surface area (Å²) < 4.78 is 0. The third kappa shape index (κ3) is 3.46. The fourth-order valence-corrected chi connectivity index (χ4v) is 3.15. The van der Waals surface area contributed by atoms with Gasteiger partial charge >= 0.3 is 0 Å². The number of nitriles is 1. The van der Waals surface area contributed by atoms with Crippen molar-refractivity contribution in [3.8, 4) is 6.07 Å². The Balaban J connectivity index is 1.86. The molecule has 2 aliphatic rings. The van der Waals surface area contributed by atoms with Crippen LogP contribution in [0.15, 0.2) is 0 Å². The van der Waals surface area contributed by atoms with Crippen LogP contribution in [0.25, 0.3) is 0 Å². The zero-order valence-electron chi connectivity index (χ0n) is 12.0. The van der Waals surface area contributed by atoms with E-state index in [1.54, 1.807) is 0 Å². The van der Waals surface area contributed by atoms with Crippen LogP contribution >= 0.6 is 0 Å². The predicted octanol–water partition coefficient (Wildman–Crippen LogP) is 0.575. The highest BCUT2D eigenvalue weighted by Crippen LogP contribution is 2.28. The summed E-state index contributed by atoms with van der Waals surface area (Å²) in [6.07, 6.45) is 3.68. The number of carbonyl (C=O) groups is 1. The van der Waals surface area contributed by atoms with Gasteiger partial charge in [-0.25, -0.2) is 0 Å². The number of carbonyl (C=O) groups excluding carboxylic acids is 1. The zero-order chi connectivity index (χ0) is 13.9. The summed E-state index contributed by atoms with van der Waals surface area (Å²) in [6, 6.07) is 2.70. The summed E-state index contributed by atoms with van der Waals surface area (Å²) in [6.45, 7) is 5.49. The molecule has 5 nitrogen and oxygen atoms in total. The van der Waals surface area contributed by atoms with Gasteiger partial charge in [-0.3, -0.25) is 9.69 Å². The van der Waals surface area contributed by atoms with Crippen molar-refractivity contribution in [1.82, 2.24) is 15.1 Å². The Kier molecular flexibility index (Phi) is 4.43. The molecule has 5 heteroatoms. The van der Waals surface area contributed by atoms with Crippen molar-refractivity contribution in [2.45, 2.75) is 44.2 Å². The number of amides is 1. The Bertz CT molecular complexity index is 370. The van der Waals surface area contributed by atoms with Gasteiger partial charge in [-0.2, -0.15) is 5.26 Å². The van der Waals surface area contributed by atoms with Gasteiger partial charge in [0.25, 0.3) is 0 Å². The lowest BCUT2D eigenvalue weighted by molar-refractivity contribution is -0.124. The van der Waals surface area contributed by atoms with Crippen LogP contribution in [0.2, 0.25) is 0 Å². The van der Waals surface area contributed by atoms with Crippen molar-refractivity contribution in [3.05, 3.63) is 0 Å². The average Bonchev–Trinajstić information content (AvgIpc) is 2.82. The third-order valence-corrected chi connectivity index (χ3v) is 4.36. The number of hydrogen-bond donors (Lipinski definition) is 1. The summed E-state index contributed by atoms with van der Waals surface area (Å²) in [5.74, 6) is -0.000136. The first-order valence-corrected chi connectivity index (χ1v) is 7.19. The molecule has 1 heterocycles. The fourth-order valence-electron chi connectivity index (χ4n) is 3.15. The maximum absolute atomic E-state index is 12.1. The first-order valence-electron chi connectivity index (χ1n) is 7.19. The van der Waals surface area contributed by atoms with Crippen LogP contribution in [-0.4, -0.2) is 60.5 Å². The quantitative estimate of drug-likeness (QED) is 0.810. The van der Waals surface area contributed by atoms with Crippen LogP contribution in [0.5, 0.6) is 0 Å². The summed E-state index contributed by atoms with van der Waals surface area (Å²) >= 11 is 0. The molecule has 0 spiro atoms. The summed E-state index contributed by atoms with van der Waals surface area (Å²) in [4.78, 5) is 16.6. The molecule has 2 fully saturated rings. The summed E-state index contributed by atoms with van der Waals surface area (Å²) in [5.41, 5.74) is -0.590. The van der Waals surface area contributed by atoms with Crippen molar-refractivity contribution in [2.24, 2.45) is 0 Å². The van der Waals surface area contributed by atoms with Crippen molar-refractivity contribution in [3.63, 3.8) is 0 Å². The van der Waals surface area contributed by atoms with E-state index in [0.29, 0.717) is 12.6 Å². The topological polar surface area (TPSA) is 59.4 Å². The van der Waals surface area contributed by atoms with Crippen LogP contribution in [-0.2, 0) is 4.79 Å². The van der Waals surface area contributed by atoms with Gasteiger partial charge in [0.05, 0.1) is 12.6 Å². The minimum Gasteiger partial charge on any atom is -0.337 e. The highest BCUT2D eigenvalue weighted by atomic mass is 16.2. The zero-order valence-corrected chi connectivity index (χ0v) is 12.0. The molecule has 19 heavy (non-hydrogen) atoms. The van der Waals surface area contributed by atoms with Gasteiger partial charge in [0.15, 0.2) is 0 Å². The molecule has 0 unspecified atom stereocenters. The highest BCUT2D eigenvalue weighted by molar-refractivity contribution is 5.79. The largest absolute Gasteiger partial charge is 0.337 e. The van der Waals surface area contributed by atoms with Crippen LogP contribution < -0.4 is 5.32 Å².